The zero-order valence-corrected chi connectivity index (χ0v) is 10.9. The van der Waals surface area contributed by atoms with Crippen LogP contribution in [0.15, 0.2) is 10.9 Å². The van der Waals surface area contributed by atoms with E-state index in [1.807, 2.05) is 31.1 Å². The molecule has 1 N–H and O–H groups in total. The fourth-order valence-electron chi connectivity index (χ4n) is 1.48. The molecule has 0 radical (unpaired) electrons. The summed E-state index contributed by atoms with van der Waals surface area (Å²) in [6, 6.07) is -0.151. The molecule has 0 saturated heterocycles. The summed E-state index contributed by atoms with van der Waals surface area (Å²) in [6.45, 7) is 8.06. The fraction of sp³-hybridized carbons (Fsp3) is 0.636. The monoisotopic (exact) mass is 241 g/mol. The quantitative estimate of drug-likeness (QED) is 0.820. The summed E-state index contributed by atoms with van der Waals surface area (Å²) in [4.78, 5) is 17.9. The van der Waals surface area contributed by atoms with Crippen LogP contribution in [0, 0.1) is 0 Å². The van der Waals surface area contributed by atoms with Gasteiger partial charge in [-0.25, -0.2) is 4.98 Å². The van der Waals surface area contributed by atoms with Crippen LogP contribution >= 0.6 is 11.3 Å². The molecule has 1 unspecified atom stereocenters. The first-order valence-corrected chi connectivity index (χ1v) is 6.52. The molecule has 0 aromatic carbocycles. The Morgan fingerprint density at radius 3 is 2.75 bits per heavy atom. The van der Waals surface area contributed by atoms with E-state index in [9.17, 15) is 4.79 Å². The van der Waals surface area contributed by atoms with Gasteiger partial charge < -0.3 is 10.2 Å². The number of hydrogen-bond donors (Lipinski definition) is 1. The Morgan fingerprint density at radius 2 is 2.25 bits per heavy atom. The third-order valence-corrected chi connectivity index (χ3v) is 3.15. The summed E-state index contributed by atoms with van der Waals surface area (Å²) in [7, 11) is 0. The predicted molar refractivity (Wildman–Crippen MR) is 66.3 cm³/mol. The van der Waals surface area contributed by atoms with Gasteiger partial charge in [0.2, 0.25) is 5.91 Å². The first kappa shape index (κ1) is 13.1. The van der Waals surface area contributed by atoms with E-state index in [2.05, 4.69) is 10.3 Å². The molecule has 0 bridgehead atoms. The first-order valence-electron chi connectivity index (χ1n) is 5.58. The van der Waals surface area contributed by atoms with Gasteiger partial charge >= 0.3 is 0 Å². The minimum atomic E-state index is -0.151. The normalized spacial score (nSPS) is 12.4. The number of carbonyl (C=O) groups excluding carboxylic acids is 1. The van der Waals surface area contributed by atoms with Gasteiger partial charge in [-0.2, -0.15) is 0 Å². The molecule has 0 aliphatic carbocycles. The topological polar surface area (TPSA) is 45.2 Å². The third-order valence-electron chi connectivity index (χ3n) is 2.52. The van der Waals surface area contributed by atoms with Crippen LogP contribution in [0.2, 0.25) is 0 Å². The van der Waals surface area contributed by atoms with Crippen LogP contribution < -0.4 is 5.32 Å². The molecule has 0 aliphatic heterocycles. The molecular weight excluding hydrogens is 222 g/mol. The average molecular weight is 241 g/mol. The standard InChI is InChI=1S/C11H19N3OS/c1-4-14(5-2)11(15)9(3)12-6-10-7-16-8-13-10/h7-9,12H,4-6H2,1-3H3. The highest BCUT2D eigenvalue weighted by Crippen LogP contribution is 2.01. The maximum Gasteiger partial charge on any atom is 0.239 e. The van der Waals surface area contributed by atoms with Crippen molar-refractivity contribution < 1.29 is 4.79 Å². The molecule has 1 atom stereocenters. The van der Waals surface area contributed by atoms with Crippen molar-refractivity contribution in [2.75, 3.05) is 13.1 Å². The molecule has 1 aromatic rings. The van der Waals surface area contributed by atoms with Gasteiger partial charge in [-0.05, 0) is 20.8 Å². The van der Waals surface area contributed by atoms with E-state index in [0.717, 1.165) is 18.8 Å². The Kier molecular flexibility index (Phi) is 5.42. The van der Waals surface area contributed by atoms with E-state index in [1.165, 1.54) is 0 Å². The molecule has 1 rings (SSSR count). The SMILES string of the molecule is CCN(CC)C(=O)C(C)NCc1cscn1. The van der Waals surface area contributed by atoms with Crippen LogP contribution in [0.25, 0.3) is 0 Å². The van der Waals surface area contributed by atoms with Gasteiger partial charge in [0.1, 0.15) is 0 Å². The zero-order valence-electron chi connectivity index (χ0n) is 10.1. The van der Waals surface area contributed by atoms with Gasteiger partial charge in [0.15, 0.2) is 0 Å². The number of rotatable bonds is 6. The summed E-state index contributed by atoms with van der Waals surface area (Å²) >= 11 is 1.57. The van der Waals surface area contributed by atoms with Gasteiger partial charge in [0, 0.05) is 25.0 Å². The summed E-state index contributed by atoms with van der Waals surface area (Å²) in [6.07, 6.45) is 0. The molecule has 0 saturated carbocycles. The second kappa shape index (κ2) is 6.60. The van der Waals surface area contributed by atoms with Gasteiger partial charge in [0.25, 0.3) is 0 Å². The minimum Gasteiger partial charge on any atom is -0.342 e. The van der Waals surface area contributed by atoms with Gasteiger partial charge in [-0.1, -0.05) is 0 Å². The Labute approximate surface area is 101 Å². The van der Waals surface area contributed by atoms with Crippen molar-refractivity contribution in [1.82, 2.24) is 15.2 Å². The van der Waals surface area contributed by atoms with Crippen LogP contribution in [0.1, 0.15) is 26.5 Å². The average Bonchev–Trinajstić information content (AvgIpc) is 2.80. The number of nitrogens with one attached hydrogen (secondary N) is 1. The largest absolute Gasteiger partial charge is 0.342 e. The van der Waals surface area contributed by atoms with Crippen LogP contribution in [-0.4, -0.2) is 34.9 Å². The third kappa shape index (κ3) is 3.57. The van der Waals surface area contributed by atoms with Crippen LogP contribution in [0.3, 0.4) is 0 Å². The van der Waals surface area contributed by atoms with Crippen LogP contribution in [0.5, 0.6) is 0 Å². The molecular formula is C11H19N3OS. The second-order valence-corrected chi connectivity index (χ2v) is 4.31. The maximum absolute atomic E-state index is 11.9. The Morgan fingerprint density at radius 1 is 1.56 bits per heavy atom. The number of nitrogens with zero attached hydrogens (tertiary/aromatic N) is 2. The first-order chi connectivity index (χ1) is 7.69. The highest BCUT2D eigenvalue weighted by Gasteiger charge is 2.17. The minimum absolute atomic E-state index is 0.151. The molecule has 0 aliphatic rings. The van der Waals surface area contributed by atoms with Crippen molar-refractivity contribution in [2.24, 2.45) is 0 Å². The van der Waals surface area contributed by atoms with Crippen molar-refractivity contribution in [2.45, 2.75) is 33.4 Å². The molecule has 1 aromatic heterocycles. The van der Waals surface area contributed by atoms with Crippen molar-refractivity contribution in [3.8, 4) is 0 Å². The smallest absolute Gasteiger partial charge is 0.239 e. The summed E-state index contributed by atoms with van der Waals surface area (Å²) in [5.41, 5.74) is 2.79. The lowest BCUT2D eigenvalue weighted by Gasteiger charge is -2.23. The van der Waals surface area contributed by atoms with E-state index >= 15 is 0 Å². The van der Waals surface area contributed by atoms with Gasteiger partial charge in [-0.3, -0.25) is 4.79 Å². The Balaban J connectivity index is 2.39. The van der Waals surface area contributed by atoms with E-state index in [4.69, 9.17) is 0 Å². The number of likely N-dealkylation sites (N-methyl/N-ethyl adjacent to an activating group) is 1. The molecule has 90 valence electrons. The predicted octanol–water partition coefficient (Wildman–Crippen LogP) is 1.49. The van der Waals surface area contributed by atoms with Crippen LogP contribution in [-0.2, 0) is 11.3 Å². The number of hydrogen-bond acceptors (Lipinski definition) is 4. The van der Waals surface area contributed by atoms with E-state index in [-0.39, 0.29) is 11.9 Å². The van der Waals surface area contributed by atoms with E-state index in [1.54, 1.807) is 16.8 Å². The van der Waals surface area contributed by atoms with Gasteiger partial charge in [0.05, 0.1) is 17.2 Å². The number of carbonyl (C=O) groups is 1. The summed E-state index contributed by atoms with van der Waals surface area (Å²) in [5, 5.41) is 5.17. The molecule has 5 heteroatoms. The highest BCUT2D eigenvalue weighted by atomic mass is 32.1. The summed E-state index contributed by atoms with van der Waals surface area (Å²) in [5.74, 6) is 0.153. The van der Waals surface area contributed by atoms with Crippen molar-refractivity contribution in [3.63, 3.8) is 0 Å². The lowest BCUT2D eigenvalue weighted by molar-refractivity contribution is -0.132. The lowest BCUT2D eigenvalue weighted by Crippen LogP contribution is -2.44. The van der Waals surface area contributed by atoms with E-state index < -0.39 is 0 Å². The second-order valence-electron chi connectivity index (χ2n) is 3.59. The van der Waals surface area contributed by atoms with Crippen LogP contribution in [0.4, 0.5) is 0 Å². The van der Waals surface area contributed by atoms with Crippen molar-refractivity contribution in [3.05, 3.63) is 16.6 Å². The molecule has 4 nitrogen and oxygen atoms in total. The van der Waals surface area contributed by atoms with Gasteiger partial charge in [-0.15, -0.1) is 11.3 Å². The lowest BCUT2D eigenvalue weighted by atomic mass is 10.2. The highest BCUT2D eigenvalue weighted by molar-refractivity contribution is 7.07. The molecule has 1 amide bonds. The van der Waals surface area contributed by atoms with Crippen molar-refractivity contribution in [1.29, 1.82) is 0 Å². The van der Waals surface area contributed by atoms with E-state index in [0.29, 0.717) is 6.54 Å². The number of thiazole rings is 1. The zero-order chi connectivity index (χ0) is 12.0. The fourth-order valence-corrected chi connectivity index (χ4v) is 2.04. The molecule has 16 heavy (non-hydrogen) atoms. The summed E-state index contributed by atoms with van der Waals surface area (Å²) < 4.78 is 0. The maximum atomic E-state index is 11.9. The Bertz CT molecular complexity index is 309. The Hall–Kier alpha value is -0.940. The molecule has 1 heterocycles. The molecule has 0 spiro atoms. The number of aromatic nitrogens is 1. The van der Waals surface area contributed by atoms with Crippen molar-refractivity contribution >= 4 is 17.2 Å². The molecule has 0 fully saturated rings. The number of amides is 1.